The molecule has 0 spiro atoms. The van der Waals surface area contributed by atoms with Crippen LogP contribution in [0.3, 0.4) is 0 Å². The molecule has 0 unspecified atom stereocenters. The van der Waals surface area contributed by atoms with Crippen molar-refractivity contribution in [1.82, 2.24) is 14.8 Å². The molecule has 2 aromatic rings. The van der Waals surface area contributed by atoms with Gasteiger partial charge in [-0.2, -0.15) is 0 Å². The molecule has 138 valence electrons. The van der Waals surface area contributed by atoms with Crippen LogP contribution in [-0.4, -0.2) is 60.8 Å². The van der Waals surface area contributed by atoms with Gasteiger partial charge in [0, 0.05) is 57.6 Å². The van der Waals surface area contributed by atoms with E-state index in [1.165, 1.54) is 11.1 Å². The first-order chi connectivity index (χ1) is 12.8. The predicted octanol–water partition coefficient (Wildman–Crippen LogP) is 2.42. The van der Waals surface area contributed by atoms with E-state index in [1.807, 2.05) is 30.6 Å². The van der Waals surface area contributed by atoms with Gasteiger partial charge in [-0.05, 0) is 29.3 Å². The largest absolute Gasteiger partial charge is 0.497 e. The number of fused-ring (bicyclic) bond motifs is 1. The quantitative estimate of drug-likeness (QED) is 0.825. The first-order valence-electron chi connectivity index (χ1n) is 9.38. The highest BCUT2D eigenvalue weighted by Crippen LogP contribution is 2.26. The van der Waals surface area contributed by atoms with Crippen LogP contribution in [0.15, 0.2) is 48.8 Å². The Morgan fingerprint density at radius 3 is 2.62 bits per heavy atom. The first-order valence-corrected chi connectivity index (χ1v) is 9.38. The Bertz CT molecular complexity index is 692. The lowest BCUT2D eigenvalue weighted by Gasteiger charge is -2.23. The van der Waals surface area contributed by atoms with Crippen molar-refractivity contribution in [3.05, 3.63) is 59.9 Å². The molecule has 1 aromatic carbocycles. The molecule has 0 aliphatic carbocycles. The molecule has 1 aromatic heterocycles. The van der Waals surface area contributed by atoms with Gasteiger partial charge in [0.2, 0.25) is 0 Å². The standard InChI is InChI=1S/C21H27N3O2/c1-25-20-6-4-17(5-7-20)12-24-15-19-14-23(9-10-26-21(19)16-24)13-18-3-2-8-22-11-18/h2-8,11,19,21H,9-10,12-16H2,1H3/t19-,21+/m0/s1. The Morgan fingerprint density at radius 1 is 1.04 bits per heavy atom. The summed E-state index contributed by atoms with van der Waals surface area (Å²) in [4.78, 5) is 9.27. The lowest BCUT2D eigenvalue weighted by molar-refractivity contribution is 0.0510. The molecule has 0 amide bonds. The molecule has 3 heterocycles. The minimum atomic E-state index is 0.354. The van der Waals surface area contributed by atoms with Crippen LogP contribution in [-0.2, 0) is 17.8 Å². The predicted molar refractivity (Wildman–Crippen MR) is 101 cm³/mol. The molecule has 0 saturated carbocycles. The number of aromatic nitrogens is 1. The molecule has 0 radical (unpaired) electrons. The van der Waals surface area contributed by atoms with Crippen molar-refractivity contribution >= 4 is 0 Å². The van der Waals surface area contributed by atoms with E-state index in [1.54, 1.807) is 7.11 Å². The van der Waals surface area contributed by atoms with Crippen LogP contribution in [0.5, 0.6) is 5.75 Å². The monoisotopic (exact) mass is 353 g/mol. The van der Waals surface area contributed by atoms with Gasteiger partial charge in [-0.3, -0.25) is 14.8 Å². The summed E-state index contributed by atoms with van der Waals surface area (Å²) < 4.78 is 11.4. The second-order valence-electron chi connectivity index (χ2n) is 7.31. The van der Waals surface area contributed by atoms with Crippen molar-refractivity contribution in [3.63, 3.8) is 0 Å². The number of likely N-dealkylation sites (tertiary alicyclic amines) is 1. The van der Waals surface area contributed by atoms with E-state index in [9.17, 15) is 0 Å². The van der Waals surface area contributed by atoms with Gasteiger partial charge in [-0.1, -0.05) is 18.2 Å². The second kappa shape index (κ2) is 8.16. The SMILES string of the molecule is COc1ccc(CN2C[C@@H]3CN(Cc4cccnc4)CCO[C@@H]3C2)cc1. The molecule has 0 bridgehead atoms. The average Bonchev–Trinajstić information content (AvgIpc) is 2.94. The van der Waals surface area contributed by atoms with Gasteiger partial charge in [-0.25, -0.2) is 0 Å². The third-order valence-corrected chi connectivity index (χ3v) is 5.38. The fourth-order valence-corrected chi connectivity index (χ4v) is 4.06. The van der Waals surface area contributed by atoms with Crippen molar-refractivity contribution in [3.8, 4) is 5.75 Å². The third-order valence-electron chi connectivity index (χ3n) is 5.38. The molecule has 0 N–H and O–H groups in total. The summed E-state index contributed by atoms with van der Waals surface area (Å²) in [6.45, 7) is 6.97. The van der Waals surface area contributed by atoms with Gasteiger partial charge in [0.25, 0.3) is 0 Å². The summed E-state index contributed by atoms with van der Waals surface area (Å²) in [5, 5.41) is 0. The van der Waals surface area contributed by atoms with Crippen LogP contribution in [0.25, 0.3) is 0 Å². The van der Waals surface area contributed by atoms with Crippen LogP contribution in [0, 0.1) is 5.92 Å². The Labute approximate surface area is 155 Å². The van der Waals surface area contributed by atoms with Gasteiger partial charge in [0.15, 0.2) is 0 Å². The molecule has 26 heavy (non-hydrogen) atoms. The summed E-state index contributed by atoms with van der Waals surface area (Å²) in [6, 6.07) is 12.6. The Kier molecular flexibility index (Phi) is 5.48. The van der Waals surface area contributed by atoms with E-state index >= 15 is 0 Å². The highest BCUT2D eigenvalue weighted by atomic mass is 16.5. The number of pyridine rings is 1. The van der Waals surface area contributed by atoms with Gasteiger partial charge in [0.05, 0.1) is 19.8 Å². The Morgan fingerprint density at radius 2 is 1.85 bits per heavy atom. The highest BCUT2D eigenvalue weighted by molar-refractivity contribution is 5.27. The van der Waals surface area contributed by atoms with E-state index in [4.69, 9.17) is 9.47 Å². The Balaban J connectivity index is 1.35. The van der Waals surface area contributed by atoms with Gasteiger partial charge in [-0.15, -0.1) is 0 Å². The smallest absolute Gasteiger partial charge is 0.118 e. The minimum Gasteiger partial charge on any atom is -0.497 e. The second-order valence-corrected chi connectivity index (χ2v) is 7.31. The van der Waals surface area contributed by atoms with Crippen molar-refractivity contribution in [2.75, 3.05) is 39.9 Å². The molecule has 2 aliphatic rings. The van der Waals surface area contributed by atoms with E-state index < -0.39 is 0 Å². The molecule has 2 aliphatic heterocycles. The van der Waals surface area contributed by atoms with Gasteiger partial charge < -0.3 is 9.47 Å². The molecule has 2 fully saturated rings. The molecule has 2 saturated heterocycles. The molecule has 4 rings (SSSR count). The number of rotatable bonds is 5. The summed E-state index contributed by atoms with van der Waals surface area (Å²) in [5.41, 5.74) is 2.61. The molecular weight excluding hydrogens is 326 g/mol. The van der Waals surface area contributed by atoms with Crippen LogP contribution >= 0.6 is 0 Å². The van der Waals surface area contributed by atoms with E-state index in [0.29, 0.717) is 12.0 Å². The molecule has 2 atom stereocenters. The topological polar surface area (TPSA) is 37.8 Å². The van der Waals surface area contributed by atoms with Crippen molar-refractivity contribution in [1.29, 1.82) is 0 Å². The first kappa shape index (κ1) is 17.5. The number of nitrogens with zero attached hydrogens (tertiary/aromatic N) is 3. The fraction of sp³-hybridized carbons (Fsp3) is 0.476. The fourth-order valence-electron chi connectivity index (χ4n) is 4.06. The van der Waals surface area contributed by atoms with E-state index in [2.05, 4.69) is 33.0 Å². The zero-order chi connectivity index (χ0) is 17.8. The van der Waals surface area contributed by atoms with Crippen LogP contribution in [0.1, 0.15) is 11.1 Å². The summed E-state index contributed by atoms with van der Waals surface area (Å²) in [7, 11) is 1.71. The normalized spacial score (nSPS) is 24.2. The number of benzene rings is 1. The van der Waals surface area contributed by atoms with Crippen LogP contribution in [0.2, 0.25) is 0 Å². The maximum atomic E-state index is 6.18. The summed E-state index contributed by atoms with van der Waals surface area (Å²) >= 11 is 0. The summed E-state index contributed by atoms with van der Waals surface area (Å²) in [5.74, 6) is 1.49. The summed E-state index contributed by atoms with van der Waals surface area (Å²) in [6.07, 6.45) is 4.15. The molecular formula is C21H27N3O2. The van der Waals surface area contributed by atoms with E-state index in [0.717, 1.165) is 51.6 Å². The molecule has 5 nitrogen and oxygen atoms in total. The van der Waals surface area contributed by atoms with Crippen molar-refractivity contribution < 1.29 is 9.47 Å². The molecule has 5 heteroatoms. The minimum absolute atomic E-state index is 0.354. The zero-order valence-electron chi connectivity index (χ0n) is 15.4. The van der Waals surface area contributed by atoms with Gasteiger partial charge in [0.1, 0.15) is 5.75 Å². The lowest BCUT2D eigenvalue weighted by Crippen LogP contribution is -2.32. The number of hydrogen-bond donors (Lipinski definition) is 0. The van der Waals surface area contributed by atoms with E-state index in [-0.39, 0.29) is 0 Å². The average molecular weight is 353 g/mol. The van der Waals surface area contributed by atoms with Crippen molar-refractivity contribution in [2.45, 2.75) is 19.2 Å². The number of hydrogen-bond acceptors (Lipinski definition) is 5. The maximum Gasteiger partial charge on any atom is 0.118 e. The maximum absolute atomic E-state index is 6.18. The lowest BCUT2D eigenvalue weighted by atomic mass is 10.1. The van der Waals surface area contributed by atoms with Crippen LogP contribution < -0.4 is 4.74 Å². The van der Waals surface area contributed by atoms with Crippen LogP contribution in [0.4, 0.5) is 0 Å². The number of methoxy groups -OCH3 is 1. The highest BCUT2D eigenvalue weighted by Gasteiger charge is 2.36. The third kappa shape index (κ3) is 4.23. The van der Waals surface area contributed by atoms with Gasteiger partial charge >= 0.3 is 0 Å². The zero-order valence-corrected chi connectivity index (χ0v) is 15.4. The number of ether oxygens (including phenoxy) is 2. The van der Waals surface area contributed by atoms with Crippen molar-refractivity contribution in [2.24, 2.45) is 5.92 Å². The Hall–Kier alpha value is -1.95.